The van der Waals surface area contributed by atoms with Crippen molar-refractivity contribution in [2.75, 3.05) is 41.0 Å². The Hall–Kier alpha value is -2.54. The molecule has 1 heterocycles. The lowest BCUT2D eigenvalue weighted by molar-refractivity contribution is 0.207. The molecular weight excluding hydrogens is 337 g/mol. The summed E-state index contributed by atoms with van der Waals surface area (Å²) in [6.45, 7) is 2.27. The second-order valence-corrected chi connectivity index (χ2v) is 5.78. The summed E-state index contributed by atoms with van der Waals surface area (Å²) < 4.78 is 29.3. The van der Waals surface area contributed by atoms with E-state index in [0.717, 1.165) is 23.7 Å². The second kappa shape index (κ2) is 10.5. The van der Waals surface area contributed by atoms with Gasteiger partial charge in [-0.1, -0.05) is 6.07 Å². The summed E-state index contributed by atoms with van der Waals surface area (Å²) in [6.07, 6.45) is 2.41. The summed E-state index contributed by atoms with van der Waals surface area (Å²) in [7, 11) is 5.00. The maximum Gasteiger partial charge on any atom is 0.194 e. The van der Waals surface area contributed by atoms with Gasteiger partial charge in [0.1, 0.15) is 5.76 Å². The third-order valence-corrected chi connectivity index (χ3v) is 3.79. The molecular formula is C19H26FN3O3. The number of nitrogens with zero attached hydrogens (tertiary/aromatic N) is 2. The molecule has 1 aromatic carbocycles. The standard InChI is InChI=1S/C19H26FN3O3/c1-23(14-15-6-7-18(25-3)17(20)13-15)19(22-10-12-24-2)21-9-8-16-5-4-11-26-16/h4-7,11,13H,8-10,12,14H2,1-3H3,(H,21,22). The van der Waals surface area contributed by atoms with Crippen LogP contribution < -0.4 is 10.1 Å². The van der Waals surface area contributed by atoms with Crippen LogP contribution in [0.3, 0.4) is 0 Å². The fraction of sp³-hybridized carbons (Fsp3) is 0.421. The number of ether oxygens (including phenoxy) is 2. The van der Waals surface area contributed by atoms with Gasteiger partial charge < -0.3 is 24.1 Å². The van der Waals surface area contributed by atoms with Crippen molar-refractivity contribution in [3.8, 4) is 5.75 Å². The van der Waals surface area contributed by atoms with Crippen LogP contribution in [-0.2, 0) is 17.7 Å². The highest BCUT2D eigenvalue weighted by Gasteiger charge is 2.10. The van der Waals surface area contributed by atoms with Gasteiger partial charge in [0, 0.05) is 33.7 Å². The van der Waals surface area contributed by atoms with E-state index in [1.807, 2.05) is 30.1 Å². The van der Waals surface area contributed by atoms with Gasteiger partial charge in [0.25, 0.3) is 0 Å². The van der Waals surface area contributed by atoms with Crippen LogP contribution in [-0.4, -0.2) is 51.8 Å². The third-order valence-electron chi connectivity index (χ3n) is 3.79. The fourth-order valence-corrected chi connectivity index (χ4v) is 2.46. The number of hydrogen-bond donors (Lipinski definition) is 1. The zero-order valence-electron chi connectivity index (χ0n) is 15.5. The first kappa shape index (κ1) is 19.8. The fourth-order valence-electron chi connectivity index (χ4n) is 2.46. The highest BCUT2D eigenvalue weighted by atomic mass is 19.1. The smallest absolute Gasteiger partial charge is 0.194 e. The van der Waals surface area contributed by atoms with E-state index in [-0.39, 0.29) is 11.6 Å². The van der Waals surface area contributed by atoms with Crippen molar-refractivity contribution in [3.05, 3.63) is 53.7 Å². The number of benzene rings is 1. The van der Waals surface area contributed by atoms with E-state index < -0.39 is 0 Å². The first-order chi connectivity index (χ1) is 12.6. The van der Waals surface area contributed by atoms with Crippen molar-refractivity contribution in [2.45, 2.75) is 13.0 Å². The van der Waals surface area contributed by atoms with E-state index in [1.54, 1.807) is 19.4 Å². The van der Waals surface area contributed by atoms with Crippen LogP contribution in [0.5, 0.6) is 5.75 Å². The summed E-state index contributed by atoms with van der Waals surface area (Å²) >= 11 is 0. The van der Waals surface area contributed by atoms with Crippen LogP contribution in [0.1, 0.15) is 11.3 Å². The van der Waals surface area contributed by atoms with Crippen molar-refractivity contribution < 1.29 is 18.3 Å². The lowest BCUT2D eigenvalue weighted by Crippen LogP contribution is -2.39. The normalized spacial score (nSPS) is 11.5. The Morgan fingerprint density at radius 3 is 2.81 bits per heavy atom. The largest absolute Gasteiger partial charge is 0.494 e. The Bertz CT molecular complexity index is 689. The van der Waals surface area contributed by atoms with Crippen molar-refractivity contribution in [1.82, 2.24) is 10.2 Å². The van der Waals surface area contributed by atoms with Gasteiger partial charge in [-0.15, -0.1) is 0 Å². The highest BCUT2D eigenvalue weighted by molar-refractivity contribution is 5.79. The number of aliphatic imine (C=N–C) groups is 1. The molecule has 2 rings (SSSR count). The predicted octanol–water partition coefficient (Wildman–Crippen LogP) is 2.69. The van der Waals surface area contributed by atoms with Crippen LogP contribution >= 0.6 is 0 Å². The first-order valence-corrected chi connectivity index (χ1v) is 8.47. The van der Waals surface area contributed by atoms with Crippen LogP contribution in [0.2, 0.25) is 0 Å². The number of nitrogens with one attached hydrogen (secondary N) is 1. The Kier molecular flexibility index (Phi) is 7.95. The molecule has 142 valence electrons. The number of methoxy groups -OCH3 is 2. The van der Waals surface area contributed by atoms with Gasteiger partial charge in [-0.3, -0.25) is 4.99 Å². The summed E-state index contributed by atoms with van der Waals surface area (Å²) in [6, 6.07) is 8.75. The molecule has 0 radical (unpaired) electrons. The van der Waals surface area contributed by atoms with E-state index in [9.17, 15) is 4.39 Å². The first-order valence-electron chi connectivity index (χ1n) is 8.47. The van der Waals surface area contributed by atoms with Crippen LogP contribution in [0.25, 0.3) is 0 Å². The van der Waals surface area contributed by atoms with Crippen LogP contribution in [0.4, 0.5) is 4.39 Å². The Balaban J connectivity index is 1.98. The zero-order chi connectivity index (χ0) is 18.8. The minimum absolute atomic E-state index is 0.238. The maximum atomic E-state index is 13.9. The average Bonchev–Trinajstić information content (AvgIpc) is 3.14. The van der Waals surface area contributed by atoms with Gasteiger partial charge in [0.05, 0.1) is 26.5 Å². The van der Waals surface area contributed by atoms with Crippen LogP contribution in [0.15, 0.2) is 46.0 Å². The van der Waals surface area contributed by atoms with Crippen molar-refractivity contribution in [2.24, 2.45) is 4.99 Å². The topological polar surface area (TPSA) is 59.2 Å². The van der Waals surface area contributed by atoms with Gasteiger partial charge in [-0.2, -0.15) is 0 Å². The molecule has 0 amide bonds. The van der Waals surface area contributed by atoms with E-state index in [4.69, 9.17) is 13.9 Å². The minimum Gasteiger partial charge on any atom is -0.494 e. The van der Waals surface area contributed by atoms with Gasteiger partial charge in [-0.05, 0) is 29.8 Å². The highest BCUT2D eigenvalue weighted by Crippen LogP contribution is 2.18. The van der Waals surface area contributed by atoms with E-state index in [1.165, 1.54) is 13.2 Å². The van der Waals surface area contributed by atoms with Gasteiger partial charge in [0.2, 0.25) is 0 Å². The molecule has 6 nitrogen and oxygen atoms in total. The molecule has 0 atom stereocenters. The number of guanidine groups is 1. The monoisotopic (exact) mass is 363 g/mol. The molecule has 0 saturated carbocycles. The zero-order valence-corrected chi connectivity index (χ0v) is 15.5. The molecule has 0 spiro atoms. The minimum atomic E-state index is -0.373. The molecule has 0 saturated heterocycles. The van der Waals surface area contributed by atoms with Crippen molar-refractivity contribution >= 4 is 5.96 Å². The number of rotatable bonds is 9. The Morgan fingerprint density at radius 2 is 2.15 bits per heavy atom. The summed E-state index contributed by atoms with van der Waals surface area (Å²) in [5.41, 5.74) is 0.832. The lowest BCUT2D eigenvalue weighted by Gasteiger charge is -2.23. The molecule has 0 bridgehead atoms. The van der Waals surface area contributed by atoms with Crippen molar-refractivity contribution in [1.29, 1.82) is 0 Å². The summed E-state index contributed by atoms with van der Waals surface area (Å²) in [5, 5.41) is 3.32. The summed E-state index contributed by atoms with van der Waals surface area (Å²) in [4.78, 5) is 6.49. The molecule has 1 aromatic heterocycles. The SMILES string of the molecule is COCCN=C(NCCc1ccco1)N(C)Cc1ccc(OC)c(F)c1. The van der Waals surface area contributed by atoms with Gasteiger partial charge >= 0.3 is 0 Å². The predicted molar refractivity (Wildman–Crippen MR) is 99.0 cm³/mol. The molecule has 0 aliphatic carbocycles. The quantitative estimate of drug-likeness (QED) is 0.422. The average molecular weight is 363 g/mol. The summed E-state index contributed by atoms with van der Waals surface area (Å²) in [5.74, 6) is 1.50. The van der Waals surface area contributed by atoms with Gasteiger partial charge in [-0.25, -0.2) is 4.39 Å². The molecule has 0 fully saturated rings. The number of hydrogen-bond acceptors (Lipinski definition) is 4. The number of halogens is 1. The van der Waals surface area contributed by atoms with Crippen molar-refractivity contribution in [3.63, 3.8) is 0 Å². The van der Waals surface area contributed by atoms with E-state index in [2.05, 4.69) is 10.3 Å². The van der Waals surface area contributed by atoms with E-state index in [0.29, 0.717) is 26.2 Å². The molecule has 2 aromatic rings. The molecule has 7 heteroatoms. The van der Waals surface area contributed by atoms with Gasteiger partial charge in [0.15, 0.2) is 17.5 Å². The molecule has 26 heavy (non-hydrogen) atoms. The maximum absolute atomic E-state index is 13.9. The second-order valence-electron chi connectivity index (χ2n) is 5.78. The molecule has 0 aliphatic heterocycles. The lowest BCUT2D eigenvalue weighted by atomic mass is 10.2. The third kappa shape index (κ3) is 6.07. The molecule has 0 aliphatic rings. The molecule has 1 N–H and O–H groups in total. The van der Waals surface area contributed by atoms with E-state index >= 15 is 0 Å². The number of furan rings is 1. The Labute approximate surface area is 153 Å². The molecule has 0 unspecified atom stereocenters. The van der Waals surface area contributed by atoms with Crippen LogP contribution in [0, 0.1) is 5.82 Å². The Morgan fingerprint density at radius 1 is 1.31 bits per heavy atom.